The van der Waals surface area contributed by atoms with Crippen molar-refractivity contribution in [3.05, 3.63) is 29.8 Å². The standard InChI is InChI=1S/C14H19N3O3S.ClH/c18-14(16-9-10-7-15-8-10)11-1-5-13(6-2-11)21(19,20)17-12-3-4-12;/h1-2,5-6,10,12,15,17H,3-4,7-9H2,(H,16,18);1H. The molecule has 2 aliphatic rings. The highest BCUT2D eigenvalue weighted by molar-refractivity contribution is 7.89. The monoisotopic (exact) mass is 345 g/mol. The van der Waals surface area contributed by atoms with E-state index in [0.29, 0.717) is 18.0 Å². The van der Waals surface area contributed by atoms with Crippen molar-refractivity contribution in [2.24, 2.45) is 5.92 Å². The first-order chi connectivity index (χ1) is 10.0. The van der Waals surface area contributed by atoms with Gasteiger partial charge in [-0.2, -0.15) is 0 Å². The van der Waals surface area contributed by atoms with Crippen molar-refractivity contribution in [2.75, 3.05) is 19.6 Å². The molecule has 1 aliphatic heterocycles. The summed E-state index contributed by atoms with van der Waals surface area (Å²) in [7, 11) is -3.45. The molecule has 0 radical (unpaired) electrons. The number of sulfonamides is 1. The van der Waals surface area contributed by atoms with E-state index in [9.17, 15) is 13.2 Å². The number of amides is 1. The molecule has 0 aromatic heterocycles. The SMILES string of the molecule is Cl.O=C(NCC1CNC1)c1ccc(S(=O)(=O)NC2CC2)cc1. The Balaban J connectivity index is 0.00000176. The van der Waals surface area contributed by atoms with Crippen LogP contribution in [0.2, 0.25) is 0 Å². The zero-order valence-electron chi connectivity index (χ0n) is 12.0. The van der Waals surface area contributed by atoms with Gasteiger partial charge in [0.1, 0.15) is 0 Å². The van der Waals surface area contributed by atoms with Gasteiger partial charge in [0.2, 0.25) is 10.0 Å². The average molecular weight is 346 g/mol. The van der Waals surface area contributed by atoms with Crippen LogP contribution in [0, 0.1) is 5.92 Å². The molecule has 1 aliphatic carbocycles. The van der Waals surface area contributed by atoms with Crippen molar-refractivity contribution in [2.45, 2.75) is 23.8 Å². The van der Waals surface area contributed by atoms with E-state index in [1.165, 1.54) is 12.1 Å². The van der Waals surface area contributed by atoms with Gasteiger partial charge >= 0.3 is 0 Å². The molecule has 1 saturated heterocycles. The normalized spacial score (nSPS) is 18.2. The number of hydrogen-bond acceptors (Lipinski definition) is 4. The second kappa shape index (κ2) is 6.95. The van der Waals surface area contributed by atoms with Crippen molar-refractivity contribution in [3.63, 3.8) is 0 Å². The minimum atomic E-state index is -3.45. The molecule has 3 N–H and O–H groups in total. The smallest absolute Gasteiger partial charge is 0.251 e. The molecule has 1 heterocycles. The summed E-state index contributed by atoms with van der Waals surface area (Å²) in [5.74, 6) is 0.331. The van der Waals surface area contributed by atoms with Crippen molar-refractivity contribution in [3.8, 4) is 0 Å². The van der Waals surface area contributed by atoms with Gasteiger partial charge in [0.25, 0.3) is 5.91 Å². The number of carbonyl (C=O) groups is 1. The quantitative estimate of drug-likeness (QED) is 0.700. The molecule has 1 amide bonds. The number of rotatable bonds is 6. The van der Waals surface area contributed by atoms with Crippen LogP contribution in [0.3, 0.4) is 0 Å². The Morgan fingerprint density at radius 2 is 1.82 bits per heavy atom. The average Bonchev–Trinajstić information content (AvgIpc) is 3.20. The third kappa shape index (κ3) is 4.19. The molecule has 2 fully saturated rings. The predicted octanol–water partition coefficient (Wildman–Crippen LogP) is 0.498. The maximum atomic E-state index is 12.0. The van der Waals surface area contributed by atoms with E-state index in [0.717, 1.165) is 25.9 Å². The summed E-state index contributed by atoms with van der Waals surface area (Å²) in [4.78, 5) is 12.1. The first-order valence-corrected chi connectivity index (χ1v) is 8.64. The summed E-state index contributed by atoms with van der Waals surface area (Å²) >= 11 is 0. The molecule has 1 aromatic rings. The van der Waals surface area contributed by atoms with Crippen LogP contribution in [0.4, 0.5) is 0 Å². The second-order valence-electron chi connectivity index (χ2n) is 5.65. The number of hydrogen-bond donors (Lipinski definition) is 3. The van der Waals surface area contributed by atoms with Gasteiger partial charge in [0, 0.05) is 37.2 Å². The molecule has 6 nitrogen and oxygen atoms in total. The van der Waals surface area contributed by atoms with E-state index in [2.05, 4.69) is 15.4 Å². The van der Waals surface area contributed by atoms with Crippen molar-refractivity contribution < 1.29 is 13.2 Å². The van der Waals surface area contributed by atoms with E-state index in [-0.39, 0.29) is 29.3 Å². The lowest BCUT2D eigenvalue weighted by Gasteiger charge is -2.27. The molecule has 122 valence electrons. The van der Waals surface area contributed by atoms with Crippen LogP contribution in [0.15, 0.2) is 29.2 Å². The fourth-order valence-electron chi connectivity index (χ4n) is 2.11. The largest absolute Gasteiger partial charge is 0.352 e. The summed E-state index contributed by atoms with van der Waals surface area (Å²) < 4.78 is 26.6. The Kier molecular flexibility index (Phi) is 5.44. The molecular weight excluding hydrogens is 326 g/mol. The van der Waals surface area contributed by atoms with Crippen molar-refractivity contribution in [1.29, 1.82) is 0 Å². The predicted molar refractivity (Wildman–Crippen MR) is 85.7 cm³/mol. The highest BCUT2D eigenvalue weighted by Crippen LogP contribution is 2.22. The summed E-state index contributed by atoms with van der Waals surface area (Å²) in [6.07, 6.45) is 1.80. The lowest BCUT2D eigenvalue weighted by Crippen LogP contribution is -2.48. The molecule has 8 heteroatoms. The molecule has 0 bridgehead atoms. The highest BCUT2D eigenvalue weighted by Gasteiger charge is 2.28. The third-order valence-electron chi connectivity index (χ3n) is 3.74. The van der Waals surface area contributed by atoms with E-state index >= 15 is 0 Å². The summed E-state index contributed by atoms with van der Waals surface area (Å²) in [5, 5.41) is 6.00. The van der Waals surface area contributed by atoms with Crippen LogP contribution >= 0.6 is 12.4 Å². The second-order valence-corrected chi connectivity index (χ2v) is 7.37. The number of nitrogens with one attached hydrogen (secondary N) is 3. The molecule has 1 aromatic carbocycles. The van der Waals surface area contributed by atoms with Gasteiger partial charge in [0.15, 0.2) is 0 Å². The first-order valence-electron chi connectivity index (χ1n) is 7.16. The zero-order valence-corrected chi connectivity index (χ0v) is 13.7. The van der Waals surface area contributed by atoms with Crippen LogP contribution in [0.1, 0.15) is 23.2 Å². The van der Waals surface area contributed by atoms with Crippen LogP contribution in [0.25, 0.3) is 0 Å². The Bertz CT molecular complexity index is 625. The molecule has 0 spiro atoms. The van der Waals surface area contributed by atoms with Crippen LogP contribution < -0.4 is 15.4 Å². The van der Waals surface area contributed by atoms with Gasteiger partial charge in [-0.05, 0) is 37.1 Å². The fraction of sp³-hybridized carbons (Fsp3) is 0.500. The maximum Gasteiger partial charge on any atom is 0.251 e. The Morgan fingerprint density at radius 3 is 2.32 bits per heavy atom. The van der Waals surface area contributed by atoms with Crippen molar-refractivity contribution >= 4 is 28.3 Å². The van der Waals surface area contributed by atoms with Gasteiger partial charge in [-0.1, -0.05) is 0 Å². The Hall–Kier alpha value is -1.15. The third-order valence-corrected chi connectivity index (χ3v) is 5.28. The van der Waals surface area contributed by atoms with Gasteiger partial charge in [-0.25, -0.2) is 13.1 Å². The number of carbonyl (C=O) groups excluding carboxylic acids is 1. The highest BCUT2D eigenvalue weighted by atomic mass is 35.5. The van der Waals surface area contributed by atoms with E-state index in [4.69, 9.17) is 0 Å². The van der Waals surface area contributed by atoms with E-state index < -0.39 is 10.0 Å². The van der Waals surface area contributed by atoms with Crippen molar-refractivity contribution in [1.82, 2.24) is 15.4 Å². The topological polar surface area (TPSA) is 87.3 Å². The van der Waals surface area contributed by atoms with E-state index in [1.54, 1.807) is 12.1 Å². The van der Waals surface area contributed by atoms with Gasteiger partial charge in [0.05, 0.1) is 4.90 Å². The molecule has 0 atom stereocenters. The minimum Gasteiger partial charge on any atom is -0.352 e. The Morgan fingerprint density at radius 1 is 1.18 bits per heavy atom. The summed E-state index contributed by atoms with van der Waals surface area (Å²) in [6, 6.07) is 6.13. The number of benzene rings is 1. The summed E-state index contributed by atoms with van der Waals surface area (Å²) in [6.45, 7) is 2.52. The van der Waals surface area contributed by atoms with Crippen LogP contribution in [0.5, 0.6) is 0 Å². The maximum absolute atomic E-state index is 12.0. The molecule has 22 heavy (non-hydrogen) atoms. The lowest BCUT2D eigenvalue weighted by molar-refractivity contribution is 0.0942. The zero-order chi connectivity index (χ0) is 14.9. The Labute approximate surface area is 136 Å². The molecular formula is C14H20ClN3O3S. The number of halogens is 1. The first kappa shape index (κ1) is 17.2. The van der Waals surface area contributed by atoms with Gasteiger partial charge < -0.3 is 10.6 Å². The van der Waals surface area contributed by atoms with Crippen LogP contribution in [-0.4, -0.2) is 40.0 Å². The molecule has 3 rings (SSSR count). The fourth-order valence-corrected chi connectivity index (χ4v) is 3.41. The van der Waals surface area contributed by atoms with Crippen LogP contribution in [-0.2, 0) is 10.0 Å². The van der Waals surface area contributed by atoms with Gasteiger partial charge in [-0.3, -0.25) is 4.79 Å². The molecule has 1 saturated carbocycles. The lowest BCUT2D eigenvalue weighted by atomic mass is 10.0. The minimum absolute atomic E-state index is 0. The van der Waals surface area contributed by atoms with E-state index in [1.807, 2.05) is 0 Å². The summed E-state index contributed by atoms with van der Waals surface area (Å²) in [5.41, 5.74) is 0.479. The molecule has 0 unspecified atom stereocenters. The van der Waals surface area contributed by atoms with Gasteiger partial charge in [-0.15, -0.1) is 12.4 Å².